The maximum atomic E-state index is 12.5. The van der Waals surface area contributed by atoms with Crippen LogP contribution in [0.1, 0.15) is 12.8 Å². The summed E-state index contributed by atoms with van der Waals surface area (Å²) in [5.74, 6) is -0.0546. The second-order valence-corrected chi connectivity index (χ2v) is 7.32. The lowest BCUT2D eigenvalue weighted by molar-refractivity contribution is 0.312. The van der Waals surface area contributed by atoms with Gasteiger partial charge in [-0.15, -0.1) is 0 Å². The van der Waals surface area contributed by atoms with Crippen molar-refractivity contribution in [3.63, 3.8) is 0 Å². The van der Waals surface area contributed by atoms with Gasteiger partial charge < -0.3 is 5.73 Å². The molecule has 1 atom stereocenters. The molecule has 0 saturated carbocycles. The van der Waals surface area contributed by atoms with Crippen LogP contribution in [0.25, 0.3) is 0 Å². The number of halogens is 1. The molecular formula is C12H15ClN2O2S2. The van der Waals surface area contributed by atoms with E-state index in [9.17, 15) is 8.42 Å². The van der Waals surface area contributed by atoms with Gasteiger partial charge in [-0.1, -0.05) is 36.0 Å². The van der Waals surface area contributed by atoms with Gasteiger partial charge in [0.25, 0.3) is 0 Å². The Balaban J connectivity index is 2.30. The fraction of sp³-hybridized carbons (Fsp3) is 0.417. The minimum Gasteiger partial charge on any atom is -0.393 e. The number of hydrogen-bond donors (Lipinski definition) is 1. The predicted octanol–water partition coefficient (Wildman–Crippen LogP) is 2.03. The highest BCUT2D eigenvalue weighted by atomic mass is 35.5. The first kappa shape index (κ1) is 14.7. The van der Waals surface area contributed by atoms with E-state index in [2.05, 4.69) is 0 Å². The van der Waals surface area contributed by atoms with E-state index >= 15 is 0 Å². The fourth-order valence-corrected chi connectivity index (χ4v) is 4.40. The molecular weight excluding hydrogens is 304 g/mol. The molecule has 1 aromatic rings. The second-order valence-electron chi connectivity index (χ2n) is 4.53. The number of piperidine rings is 1. The largest absolute Gasteiger partial charge is 0.393 e. The highest BCUT2D eigenvalue weighted by Crippen LogP contribution is 2.28. The van der Waals surface area contributed by atoms with Crippen LogP contribution in [0.15, 0.2) is 29.2 Å². The Hall–Kier alpha value is -0.690. The van der Waals surface area contributed by atoms with E-state index in [1.807, 2.05) is 0 Å². The topological polar surface area (TPSA) is 63.4 Å². The average Bonchev–Trinajstić information content (AvgIpc) is 2.39. The third-order valence-corrected chi connectivity index (χ3v) is 5.94. The molecule has 1 unspecified atom stereocenters. The van der Waals surface area contributed by atoms with Crippen LogP contribution in [0, 0.1) is 5.92 Å². The van der Waals surface area contributed by atoms with E-state index in [0.29, 0.717) is 18.1 Å². The molecule has 1 heterocycles. The third-order valence-electron chi connectivity index (χ3n) is 3.24. The molecule has 0 aromatic heterocycles. The Labute approximate surface area is 123 Å². The van der Waals surface area contributed by atoms with Crippen LogP contribution in [0.3, 0.4) is 0 Å². The van der Waals surface area contributed by atoms with Gasteiger partial charge in [0.15, 0.2) is 0 Å². The van der Waals surface area contributed by atoms with E-state index in [1.54, 1.807) is 18.2 Å². The van der Waals surface area contributed by atoms with E-state index in [1.165, 1.54) is 10.4 Å². The van der Waals surface area contributed by atoms with Crippen LogP contribution < -0.4 is 5.73 Å². The van der Waals surface area contributed by atoms with Crippen molar-refractivity contribution < 1.29 is 8.42 Å². The summed E-state index contributed by atoms with van der Waals surface area (Å²) in [6, 6.07) is 6.45. The number of nitrogens with two attached hydrogens (primary N) is 1. The van der Waals surface area contributed by atoms with Crippen molar-refractivity contribution in [3.8, 4) is 0 Å². The fourth-order valence-electron chi connectivity index (χ4n) is 2.19. The van der Waals surface area contributed by atoms with Crippen molar-refractivity contribution >= 4 is 38.8 Å². The lowest BCUT2D eigenvalue weighted by Gasteiger charge is -2.31. The summed E-state index contributed by atoms with van der Waals surface area (Å²) < 4.78 is 26.5. The quantitative estimate of drug-likeness (QED) is 0.866. The Kier molecular flexibility index (Phi) is 4.45. The van der Waals surface area contributed by atoms with Crippen molar-refractivity contribution in [3.05, 3.63) is 29.3 Å². The molecule has 2 rings (SSSR count). The van der Waals surface area contributed by atoms with E-state index in [-0.39, 0.29) is 15.8 Å². The lowest BCUT2D eigenvalue weighted by atomic mass is 10.0. The highest BCUT2D eigenvalue weighted by molar-refractivity contribution is 7.89. The maximum absolute atomic E-state index is 12.5. The number of thiocarbonyl (C=S) groups is 1. The monoisotopic (exact) mass is 318 g/mol. The number of sulfonamides is 1. The zero-order valence-corrected chi connectivity index (χ0v) is 12.6. The van der Waals surface area contributed by atoms with Gasteiger partial charge in [0.1, 0.15) is 4.90 Å². The zero-order chi connectivity index (χ0) is 14.0. The predicted molar refractivity (Wildman–Crippen MR) is 79.7 cm³/mol. The first-order valence-corrected chi connectivity index (χ1v) is 8.19. The molecule has 0 amide bonds. The molecule has 0 spiro atoms. The smallest absolute Gasteiger partial charge is 0.244 e. The molecule has 0 aliphatic carbocycles. The molecule has 1 aliphatic heterocycles. The minimum atomic E-state index is -3.57. The van der Waals surface area contributed by atoms with Crippen LogP contribution in [0.5, 0.6) is 0 Å². The summed E-state index contributed by atoms with van der Waals surface area (Å²) in [7, 11) is -3.57. The van der Waals surface area contributed by atoms with Crippen LogP contribution in [0.4, 0.5) is 0 Å². The molecule has 0 radical (unpaired) electrons. The van der Waals surface area contributed by atoms with Crippen molar-refractivity contribution in [1.29, 1.82) is 0 Å². The van der Waals surface area contributed by atoms with Gasteiger partial charge in [0.2, 0.25) is 10.0 Å². The van der Waals surface area contributed by atoms with Gasteiger partial charge in [-0.2, -0.15) is 4.31 Å². The molecule has 19 heavy (non-hydrogen) atoms. The summed E-state index contributed by atoms with van der Waals surface area (Å²) in [6.07, 6.45) is 1.59. The van der Waals surface area contributed by atoms with Crippen molar-refractivity contribution in [2.24, 2.45) is 11.7 Å². The van der Waals surface area contributed by atoms with Gasteiger partial charge in [-0.3, -0.25) is 0 Å². The summed E-state index contributed by atoms with van der Waals surface area (Å²) >= 11 is 10.9. The summed E-state index contributed by atoms with van der Waals surface area (Å²) in [6.45, 7) is 0.815. The number of hydrogen-bond acceptors (Lipinski definition) is 3. The van der Waals surface area contributed by atoms with Gasteiger partial charge in [0.05, 0.1) is 10.0 Å². The SMILES string of the molecule is NC(=S)C1CCCN(S(=O)(=O)c2ccccc2Cl)C1. The van der Waals surface area contributed by atoms with Gasteiger partial charge >= 0.3 is 0 Å². The Morgan fingerprint density at radius 2 is 2.11 bits per heavy atom. The van der Waals surface area contributed by atoms with Crippen LogP contribution in [-0.4, -0.2) is 30.8 Å². The first-order chi connectivity index (χ1) is 8.93. The van der Waals surface area contributed by atoms with E-state index < -0.39 is 10.0 Å². The molecule has 1 fully saturated rings. The molecule has 2 N–H and O–H groups in total. The Morgan fingerprint density at radius 3 is 2.74 bits per heavy atom. The molecule has 4 nitrogen and oxygen atoms in total. The third kappa shape index (κ3) is 3.08. The standard InChI is InChI=1S/C12H15ClN2O2S2/c13-10-5-1-2-6-11(10)19(16,17)15-7-3-4-9(8-15)12(14)18/h1-2,5-6,9H,3-4,7-8H2,(H2,14,18). The molecule has 1 saturated heterocycles. The number of nitrogens with zero attached hydrogens (tertiary/aromatic N) is 1. The Morgan fingerprint density at radius 1 is 1.42 bits per heavy atom. The minimum absolute atomic E-state index is 0.0546. The molecule has 0 bridgehead atoms. The van der Waals surface area contributed by atoms with Crippen molar-refractivity contribution in [1.82, 2.24) is 4.31 Å². The van der Waals surface area contributed by atoms with Crippen molar-refractivity contribution in [2.75, 3.05) is 13.1 Å². The maximum Gasteiger partial charge on any atom is 0.244 e. The number of rotatable bonds is 3. The first-order valence-electron chi connectivity index (χ1n) is 5.97. The molecule has 7 heteroatoms. The van der Waals surface area contributed by atoms with E-state index in [0.717, 1.165) is 12.8 Å². The number of benzene rings is 1. The summed E-state index contributed by atoms with van der Waals surface area (Å²) in [5, 5.41) is 0.236. The molecule has 104 valence electrons. The van der Waals surface area contributed by atoms with E-state index in [4.69, 9.17) is 29.6 Å². The van der Waals surface area contributed by atoms with Crippen LogP contribution in [-0.2, 0) is 10.0 Å². The van der Waals surface area contributed by atoms with Crippen molar-refractivity contribution in [2.45, 2.75) is 17.7 Å². The highest BCUT2D eigenvalue weighted by Gasteiger charge is 2.32. The Bertz CT molecular complexity index is 589. The van der Waals surface area contributed by atoms with Gasteiger partial charge in [-0.25, -0.2) is 8.42 Å². The zero-order valence-electron chi connectivity index (χ0n) is 10.3. The van der Waals surface area contributed by atoms with Gasteiger partial charge in [0, 0.05) is 19.0 Å². The van der Waals surface area contributed by atoms with Gasteiger partial charge in [-0.05, 0) is 25.0 Å². The molecule has 1 aromatic carbocycles. The van der Waals surface area contributed by atoms with Crippen LogP contribution in [0.2, 0.25) is 5.02 Å². The molecule has 1 aliphatic rings. The lowest BCUT2D eigenvalue weighted by Crippen LogP contribution is -2.43. The average molecular weight is 319 g/mol. The summed E-state index contributed by atoms with van der Waals surface area (Å²) in [5.41, 5.74) is 5.63. The normalized spacial score (nSPS) is 21.2. The second kappa shape index (κ2) is 5.75. The summed E-state index contributed by atoms with van der Waals surface area (Å²) in [4.78, 5) is 0.513. The van der Waals surface area contributed by atoms with Crippen LogP contribution >= 0.6 is 23.8 Å².